The van der Waals surface area contributed by atoms with Gasteiger partial charge in [0.05, 0.1) is 12.2 Å². The minimum absolute atomic E-state index is 0.111. The van der Waals surface area contributed by atoms with Crippen LogP contribution < -0.4 is 15.4 Å². The molecule has 0 aliphatic rings. The number of hydrogen-bond acceptors (Lipinski definition) is 3. The fraction of sp³-hybridized carbons (Fsp3) is 0.235. The van der Waals surface area contributed by atoms with Gasteiger partial charge in [-0.2, -0.15) is 0 Å². The molecule has 110 valence electrons. The van der Waals surface area contributed by atoms with Crippen molar-refractivity contribution in [3.05, 3.63) is 59.7 Å². The highest BCUT2D eigenvalue weighted by molar-refractivity contribution is 6.07. The van der Waals surface area contributed by atoms with Crippen molar-refractivity contribution in [2.45, 2.75) is 13.5 Å². The van der Waals surface area contributed by atoms with Gasteiger partial charge in [0, 0.05) is 19.3 Å². The monoisotopic (exact) mass is 284 g/mol. The van der Waals surface area contributed by atoms with Gasteiger partial charge in [-0.1, -0.05) is 30.3 Å². The van der Waals surface area contributed by atoms with Crippen LogP contribution in [0.15, 0.2) is 48.5 Å². The van der Waals surface area contributed by atoms with Crippen LogP contribution in [0.3, 0.4) is 0 Å². The molecule has 0 radical (unpaired) electrons. The summed E-state index contributed by atoms with van der Waals surface area (Å²) in [6.07, 6.45) is 0. The Hall–Kier alpha value is -2.33. The number of hydrogen-bond donors (Lipinski definition) is 1. The van der Waals surface area contributed by atoms with Crippen LogP contribution >= 0.6 is 0 Å². The van der Waals surface area contributed by atoms with Gasteiger partial charge >= 0.3 is 0 Å². The normalized spacial score (nSPS) is 10.2. The van der Waals surface area contributed by atoms with E-state index in [0.29, 0.717) is 24.5 Å². The lowest BCUT2D eigenvalue weighted by molar-refractivity contribution is 0.0989. The van der Waals surface area contributed by atoms with E-state index in [2.05, 4.69) is 0 Å². The lowest BCUT2D eigenvalue weighted by atomic mass is 10.1. The average molecular weight is 284 g/mol. The van der Waals surface area contributed by atoms with E-state index < -0.39 is 0 Å². The summed E-state index contributed by atoms with van der Waals surface area (Å²) < 4.78 is 5.53. The lowest BCUT2D eigenvalue weighted by Gasteiger charge is -2.21. The Morgan fingerprint density at radius 1 is 1.14 bits per heavy atom. The van der Waals surface area contributed by atoms with E-state index in [-0.39, 0.29) is 5.91 Å². The smallest absolute Gasteiger partial charge is 0.261 e. The quantitative estimate of drug-likeness (QED) is 0.918. The molecule has 0 aromatic heterocycles. The van der Waals surface area contributed by atoms with Gasteiger partial charge in [-0.3, -0.25) is 4.79 Å². The maximum absolute atomic E-state index is 12.7. The highest BCUT2D eigenvalue weighted by Gasteiger charge is 2.19. The molecule has 0 bridgehead atoms. The summed E-state index contributed by atoms with van der Waals surface area (Å²) in [5.41, 5.74) is 8.04. The number of amides is 1. The molecule has 2 rings (SSSR count). The minimum Gasteiger partial charge on any atom is -0.493 e. The van der Waals surface area contributed by atoms with E-state index in [1.165, 1.54) is 0 Å². The van der Waals surface area contributed by atoms with Gasteiger partial charge in [-0.25, -0.2) is 0 Å². The lowest BCUT2D eigenvalue weighted by Crippen LogP contribution is -2.28. The number of rotatable bonds is 5. The summed E-state index contributed by atoms with van der Waals surface area (Å²) in [6, 6.07) is 14.9. The third kappa shape index (κ3) is 3.23. The van der Waals surface area contributed by atoms with E-state index in [0.717, 1.165) is 11.3 Å². The van der Waals surface area contributed by atoms with E-state index in [1.807, 2.05) is 43.3 Å². The summed E-state index contributed by atoms with van der Waals surface area (Å²) in [5.74, 6) is 0.488. The number of carbonyl (C=O) groups excluding carboxylic acids is 1. The topological polar surface area (TPSA) is 55.6 Å². The van der Waals surface area contributed by atoms with Crippen LogP contribution in [0.4, 0.5) is 5.69 Å². The molecule has 0 fully saturated rings. The van der Waals surface area contributed by atoms with Gasteiger partial charge in [0.1, 0.15) is 5.75 Å². The molecule has 0 heterocycles. The molecule has 1 amide bonds. The molecule has 4 nitrogen and oxygen atoms in total. The van der Waals surface area contributed by atoms with Gasteiger partial charge in [0.15, 0.2) is 0 Å². The number of nitrogens with two attached hydrogens (primary N) is 1. The predicted molar refractivity (Wildman–Crippen MR) is 84.7 cm³/mol. The van der Waals surface area contributed by atoms with E-state index in [4.69, 9.17) is 10.5 Å². The van der Waals surface area contributed by atoms with Gasteiger partial charge < -0.3 is 15.4 Å². The second-order valence-electron chi connectivity index (χ2n) is 4.63. The first-order valence-electron chi connectivity index (χ1n) is 6.96. The number of para-hydroxylation sites is 2. The van der Waals surface area contributed by atoms with Crippen molar-refractivity contribution >= 4 is 11.6 Å². The summed E-state index contributed by atoms with van der Waals surface area (Å²) in [7, 11) is 1.75. The van der Waals surface area contributed by atoms with Gasteiger partial charge in [0.2, 0.25) is 0 Å². The van der Waals surface area contributed by atoms with Crippen molar-refractivity contribution in [3.63, 3.8) is 0 Å². The second-order valence-corrected chi connectivity index (χ2v) is 4.63. The highest BCUT2D eigenvalue weighted by Crippen LogP contribution is 2.24. The molecule has 0 atom stereocenters. The molecule has 4 heteroatoms. The summed E-state index contributed by atoms with van der Waals surface area (Å²) in [4.78, 5) is 14.3. The van der Waals surface area contributed by atoms with Crippen LogP contribution in [-0.4, -0.2) is 19.6 Å². The molecule has 2 aromatic carbocycles. The number of benzene rings is 2. The molecule has 2 N–H and O–H groups in total. The van der Waals surface area contributed by atoms with Crippen LogP contribution in [-0.2, 0) is 6.54 Å². The molecule has 0 saturated heterocycles. The third-order valence-electron chi connectivity index (χ3n) is 3.29. The predicted octanol–water partition coefficient (Wildman–Crippen LogP) is 2.82. The fourth-order valence-electron chi connectivity index (χ4n) is 2.23. The van der Waals surface area contributed by atoms with Crippen molar-refractivity contribution in [3.8, 4) is 5.75 Å². The first kappa shape index (κ1) is 15.1. The largest absolute Gasteiger partial charge is 0.493 e. The molecular weight excluding hydrogens is 264 g/mol. The van der Waals surface area contributed by atoms with Crippen LogP contribution in [0.5, 0.6) is 5.75 Å². The minimum atomic E-state index is -0.111. The second kappa shape index (κ2) is 6.90. The number of carbonyl (C=O) groups is 1. The Labute approximate surface area is 125 Å². The van der Waals surface area contributed by atoms with Crippen LogP contribution in [0, 0.1) is 0 Å². The molecule has 0 spiro atoms. The molecule has 21 heavy (non-hydrogen) atoms. The first-order valence-corrected chi connectivity index (χ1v) is 6.96. The van der Waals surface area contributed by atoms with Gasteiger partial charge in [-0.15, -0.1) is 0 Å². The van der Waals surface area contributed by atoms with Crippen molar-refractivity contribution < 1.29 is 9.53 Å². The molecular formula is C17H20N2O2. The van der Waals surface area contributed by atoms with E-state index in [1.54, 1.807) is 24.1 Å². The van der Waals surface area contributed by atoms with Crippen LogP contribution in [0.1, 0.15) is 22.8 Å². The highest BCUT2D eigenvalue weighted by atomic mass is 16.5. The zero-order valence-corrected chi connectivity index (χ0v) is 12.4. The number of anilines is 1. The molecule has 0 aliphatic carbocycles. The van der Waals surface area contributed by atoms with Crippen LogP contribution in [0.2, 0.25) is 0 Å². The van der Waals surface area contributed by atoms with Crippen molar-refractivity contribution in [1.82, 2.24) is 0 Å². The van der Waals surface area contributed by atoms with E-state index in [9.17, 15) is 4.79 Å². The van der Waals surface area contributed by atoms with Crippen molar-refractivity contribution in [2.75, 3.05) is 18.6 Å². The van der Waals surface area contributed by atoms with Crippen molar-refractivity contribution in [2.24, 2.45) is 5.73 Å². The maximum Gasteiger partial charge on any atom is 0.261 e. The maximum atomic E-state index is 12.7. The first-order chi connectivity index (χ1) is 10.2. The Bertz CT molecular complexity index is 626. The fourth-order valence-corrected chi connectivity index (χ4v) is 2.23. The summed E-state index contributed by atoms with van der Waals surface area (Å²) >= 11 is 0. The third-order valence-corrected chi connectivity index (χ3v) is 3.29. The molecule has 2 aromatic rings. The SMILES string of the molecule is CCOc1ccccc1C(=O)N(C)c1ccccc1CN. The summed E-state index contributed by atoms with van der Waals surface area (Å²) in [6.45, 7) is 2.81. The zero-order chi connectivity index (χ0) is 15.2. The standard InChI is InChI=1S/C17H20N2O2/c1-3-21-16-11-7-5-9-14(16)17(20)19(2)15-10-6-4-8-13(15)12-18/h4-11H,3,12,18H2,1-2H3. The number of ether oxygens (including phenoxy) is 1. The van der Waals surface area contributed by atoms with Crippen molar-refractivity contribution in [1.29, 1.82) is 0 Å². The Morgan fingerprint density at radius 3 is 2.52 bits per heavy atom. The Kier molecular flexibility index (Phi) is 4.95. The Balaban J connectivity index is 2.35. The summed E-state index contributed by atoms with van der Waals surface area (Å²) in [5, 5.41) is 0. The van der Waals surface area contributed by atoms with E-state index >= 15 is 0 Å². The molecule has 0 aliphatic heterocycles. The van der Waals surface area contributed by atoms with Gasteiger partial charge in [0.25, 0.3) is 5.91 Å². The average Bonchev–Trinajstić information content (AvgIpc) is 2.54. The molecule has 0 saturated carbocycles. The Morgan fingerprint density at radius 2 is 1.81 bits per heavy atom. The number of nitrogens with zero attached hydrogens (tertiary/aromatic N) is 1. The van der Waals surface area contributed by atoms with Crippen LogP contribution in [0.25, 0.3) is 0 Å². The molecule has 0 unspecified atom stereocenters. The zero-order valence-electron chi connectivity index (χ0n) is 12.4. The van der Waals surface area contributed by atoms with Gasteiger partial charge in [-0.05, 0) is 30.7 Å².